The summed E-state index contributed by atoms with van der Waals surface area (Å²) < 4.78 is 13.5. The third-order valence-electron chi connectivity index (χ3n) is 2.51. The lowest BCUT2D eigenvalue weighted by Gasteiger charge is -2.22. The predicted molar refractivity (Wildman–Crippen MR) is 67.8 cm³/mol. The first-order valence-electron chi connectivity index (χ1n) is 6.48. The molecule has 4 heteroatoms. The van der Waals surface area contributed by atoms with Crippen molar-refractivity contribution in [1.82, 2.24) is 9.55 Å². The average molecular weight is 240 g/mol. The first-order valence-corrected chi connectivity index (χ1v) is 6.48. The maximum atomic E-state index is 5.83. The number of hydrogen-bond donors (Lipinski definition) is 0. The van der Waals surface area contributed by atoms with Crippen LogP contribution in [0.15, 0.2) is 18.7 Å². The van der Waals surface area contributed by atoms with Crippen molar-refractivity contribution in [2.45, 2.75) is 52.4 Å². The molecule has 1 heterocycles. The van der Waals surface area contributed by atoms with Gasteiger partial charge in [0.05, 0.1) is 12.4 Å². The van der Waals surface area contributed by atoms with E-state index in [1.165, 1.54) is 0 Å². The van der Waals surface area contributed by atoms with Crippen LogP contribution in [0.25, 0.3) is 0 Å². The van der Waals surface area contributed by atoms with Crippen molar-refractivity contribution in [2.24, 2.45) is 0 Å². The Balaban J connectivity index is 2.46. The van der Waals surface area contributed by atoms with Gasteiger partial charge in [0.1, 0.15) is 6.23 Å². The van der Waals surface area contributed by atoms with Gasteiger partial charge in [-0.15, -0.1) is 0 Å². The molecule has 98 valence electrons. The van der Waals surface area contributed by atoms with E-state index in [-0.39, 0.29) is 12.3 Å². The molecule has 0 N–H and O–H groups in total. The Labute approximate surface area is 104 Å². The molecule has 2 unspecified atom stereocenters. The van der Waals surface area contributed by atoms with Crippen LogP contribution in [-0.2, 0) is 9.47 Å². The van der Waals surface area contributed by atoms with Crippen LogP contribution in [0.1, 0.15) is 46.3 Å². The molecule has 0 amide bonds. The van der Waals surface area contributed by atoms with Crippen molar-refractivity contribution in [3.63, 3.8) is 0 Å². The SMILES string of the molecule is CCCOC(C)CC(OCCC)n1ccnc1. The Hall–Kier alpha value is -0.870. The number of hydrogen-bond acceptors (Lipinski definition) is 3. The quantitative estimate of drug-likeness (QED) is 0.665. The normalized spacial score (nSPS) is 14.8. The third kappa shape index (κ3) is 5.33. The minimum atomic E-state index is 0.0318. The molecular formula is C13H24N2O2. The second-order valence-corrected chi connectivity index (χ2v) is 4.25. The van der Waals surface area contributed by atoms with Gasteiger partial charge in [-0.05, 0) is 19.8 Å². The van der Waals surface area contributed by atoms with E-state index in [9.17, 15) is 0 Å². The summed E-state index contributed by atoms with van der Waals surface area (Å²) in [6.07, 6.45) is 8.69. The number of aromatic nitrogens is 2. The monoisotopic (exact) mass is 240 g/mol. The smallest absolute Gasteiger partial charge is 0.137 e. The van der Waals surface area contributed by atoms with Crippen molar-refractivity contribution < 1.29 is 9.47 Å². The van der Waals surface area contributed by atoms with E-state index in [0.29, 0.717) is 0 Å². The van der Waals surface area contributed by atoms with Gasteiger partial charge in [-0.25, -0.2) is 4.98 Å². The van der Waals surface area contributed by atoms with Crippen LogP contribution < -0.4 is 0 Å². The van der Waals surface area contributed by atoms with Crippen molar-refractivity contribution >= 4 is 0 Å². The summed E-state index contributed by atoms with van der Waals surface area (Å²) in [6, 6.07) is 0. The second-order valence-electron chi connectivity index (χ2n) is 4.25. The van der Waals surface area contributed by atoms with Gasteiger partial charge in [-0.1, -0.05) is 13.8 Å². The molecule has 1 aromatic rings. The van der Waals surface area contributed by atoms with E-state index in [2.05, 4.69) is 25.8 Å². The molecular weight excluding hydrogens is 216 g/mol. The van der Waals surface area contributed by atoms with E-state index in [1.54, 1.807) is 12.5 Å². The van der Waals surface area contributed by atoms with Crippen LogP contribution in [0.4, 0.5) is 0 Å². The lowest BCUT2D eigenvalue weighted by atomic mass is 10.2. The van der Waals surface area contributed by atoms with Crippen LogP contribution in [-0.4, -0.2) is 28.9 Å². The molecule has 0 fully saturated rings. The molecule has 0 saturated heterocycles. The maximum absolute atomic E-state index is 5.83. The lowest BCUT2D eigenvalue weighted by molar-refractivity contribution is -0.0454. The van der Waals surface area contributed by atoms with Gasteiger partial charge in [-0.2, -0.15) is 0 Å². The zero-order valence-corrected chi connectivity index (χ0v) is 11.1. The highest BCUT2D eigenvalue weighted by molar-refractivity contribution is 4.78. The molecule has 0 radical (unpaired) electrons. The van der Waals surface area contributed by atoms with Crippen LogP contribution in [0.5, 0.6) is 0 Å². The van der Waals surface area contributed by atoms with Crippen LogP contribution in [0, 0.1) is 0 Å². The zero-order valence-electron chi connectivity index (χ0n) is 11.1. The van der Waals surface area contributed by atoms with E-state index in [1.807, 2.05) is 10.8 Å². The fraction of sp³-hybridized carbons (Fsp3) is 0.769. The van der Waals surface area contributed by atoms with Gasteiger partial charge in [-0.3, -0.25) is 0 Å². The van der Waals surface area contributed by atoms with E-state index >= 15 is 0 Å². The molecule has 0 aromatic carbocycles. The predicted octanol–water partition coefficient (Wildman–Crippen LogP) is 3.01. The number of rotatable bonds is 9. The third-order valence-corrected chi connectivity index (χ3v) is 2.51. The zero-order chi connectivity index (χ0) is 12.5. The molecule has 0 bridgehead atoms. The Kier molecular flexibility index (Phi) is 6.89. The molecule has 0 aliphatic carbocycles. The summed E-state index contributed by atoms with van der Waals surface area (Å²) >= 11 is 0. The summed E-state index contributed by atoms with van der Waals surface area (Å²) in [5.41, 5.74) is 0. The maximum Gasteiger partial charge on any atom is 0.137 e. The molecule has 0 aliphatic heterocycles. The summed E-state index contributed by atoms with van der Waals surface area (Å²) in [4.78, 5) is 4.06. The topological polar surface area (TPSA) is 36.3 Å². The lowest BCUT2D eigenvalue weighted by Crippen LogP contribution is -2.20. The van der Waals surface area contributed by atoms with Crippen molar-refractivity contribution in [1.29, 1.82) is 0 Å². The van der Waals surface area contributed by atoms with Crippen LogP contribution >= 0.6 is 0 Å². The Morgan fingerprint density at radius 2 is 1.88 bits per heavy atom. The highest BCUT2D eigenvalue weighted by atomic mass is 16.5. The number of nitrogens with zero attached hydrogens (tertiary/aromatic N) is 2. The molecule has 2 atom stereocenters. The van der Waals surface area contributed by atoms with Gasteiger partial charge in [0.2, 0.25) is 0 Å². The first kappa shape index (κ1) is 14.2. The van der Waals surface area contributed by atoms with E-state index < -0.39 is 0 Å². The standard InChI is InChI=1S/C13H24N2O2/c1-4-8-16-12(3)10-13(17-9-5-2)15-7-6-14-11-15/h6-7,11-13H,4-5,8-10H2,1-3H3. The highest BCUT2D eigenvalue weighted by Crippen LogP contribution is 2.17. The van der Waals surface area contributed by atoms with Gasteiger partial charge in [0, 0.05) is 32.0 Å². The molecule has 4 nitrogen and oxygen atoms in total. The van der Waals surface area contributed by atoms with Crippen molar-refractivity contribution in [2.75, 3.05) is 13.2 Å². The summed E-state index contributed by atoms with van der Waals surface area (Å²) in [7, 11) is 0. The van der Waals surface area contributed by atoms with E-state index in [0.717, 1.165) is 32.5 Å². The highest BCUT2D eigenvalue weighted by Gasteiger charge is 2.15. The average Bonchev–Trinajstić information content (AvgIpc) is 2.85. The van der Waals surface area contributed by atoms with Gasteiger partial charge >= 0.3 is 0 Å². The Morgan fingerprint density at radius 1 is 1.18 bits per heavy atom. The van der Waals surface area contributed by atoms with E-state index in [4.69, 9.17) is 9.47 Å². The first-order chi connectivity index (χ1) is 8.27. The van der Waals surface area contributed by atoms with Gasteiger partial charge in [0.25, 0.3) is 0 Å². The Morgan fingerprint density at radius 3 is 2.47 bits per heavy atom. The summed E-state index contributed by atoms with van der Waals surface area (Å²) in [5.74, 6) is 0. The van der Waals surface area contributed by atoms with Crippen molar-refractivity contribution in [3.05, 3.63) is 18.7 Å². The summed E-state index contributed by atoms with van der Waals surface area (Å²) in [5, 5.41) is 0. The molecule has 0 aliphatic rings. The number of imidazole rings is 1. The molecule has 0 saturated carbocycles. The number of ether oxygens (including phenoxy) is 2. The molecule has 1 aromatic heterocycles. The van der Waals surface area contributed by atoms with Gasteiger partial charge < -0.3 is 14.0 Å². The van der Waals surface area contributed by atoms with Crippen molar-refractivity contribution in [3.8, 4) is 0 Å². The Bertz CT molecular complexity index is 275. The second kappa shape index (κ2) is 8.25. The molecule has 17 heavy (non-hydrogen) atoms. The minimum Gasteiger partial charge on any atom is -0.378 e. The van der Waals surface area contributed by atoms with Crippen LogP contribution in [0.2, 0.25) is 0 Å². The summed E-state index contributed by atoms with van der Waals surface area (Å²) in [6.45, 7) is 7.90. The largest absolute Gasteiger partial charge is 0.378 e. The molecule has 1 rings (SSSR count). The molecule has 0 spiro atoms. The fourth-order valence-corrected chi connectivity index (χ4v) is 1.64. The fourth-order valence-electron chi connectivity index (χ4n) is 1.64. The minimum absolute atomic E-state index is 0.0318. The van der Waals surface area contributed by atoms with Crippen LogP contribution in [0.3, 0.4) is 0 Å². The van der Waals surface area contributed by atoms with Gasteiger partial charge in [0.15, 0.2) is 0 Å².